The fourth-order valence-electron chi connectivity index (χ4n) is 3.66. The van der Waals surface area contributed by atoms with Crippen molar-refractivity contribution in [3.63, 3.8) is 0 Å². The summed E-state index contributed by atoms with van der Waals surface area (Å²) >= 11 is 0. The third-order valence-corrected chi connectivity index (χ3v) is 5.37. The minimum atomic E-state index is -0.182. The lowest BCUT2D eigenvalue weighted by molar-refractivity contribution is -0.119. The van der Waals surface area contributed by atoms with Crippen LogP contribution in [-0.2, 0) is 11.2 Å². The van der Waals surface area contributed by atoms with E-state index in [0.717, 1.165) is 22.6 Å². The lowest BCUT2D eigenvalue weighted by Crippen LogP contribution is -2.21. The van der Waals surface area contributed by atoms with Gasteiger partial charge in [0.1, 0.15) is 0 Å². The Kier molecular flexibility index (Phi) is 6.40. The molecule has 0 bridgehead atoms. The fraction of sp³-hybridized carbons (Fsp3) is 0.280. The van der Waals surface area contributed by atoms with Gasteiger partial charge in [0.2, 0.25) is 5.91 Å². The molecule has 2 aromatic carbocycles. The molecule has 0 aliphatic heterocycles. The van der Waals surface area contributed by atoms with E-state index in [1.807, 2.05) is 44.2 Å². The average molecular weight is 404 g/mol. The SMILES string of the molecule is CNC(=O)Cc1ccccc1NC(=O)c1cc(C)n(-c2cccc(C(C)C)c2)c1C. The number of nitrogens with zero attached hydrogens (tertiary/aromatic N) is 1. The predicted octanol–water partition coefficient (Wildman–Crippen LogP) is 4.76. The number of anilines is 1. The van der Waals surface area contributed by atoms with Crippen LogP contribution in [0, 0.1) is 13.8 Å². The van der Waals surface area contributed by atoms with E-state index in [1.165, 1.54) is 5.56 Å². The van der Waals surface area contributed by atoms with E-state index in [2.05, 4.69) is 53.3 Å². The van der Waals surface area contributed by atoms with Crippen molar-refractivity contribution in [2.75, 3.05) is 12.4 Å². The van der Waals surface area contributed by atoms with E-state index in [9.17, 15) is 9.59 Å². The Morgan fingerprint density at radius 3 is 2.43 bits per heavy atom. The van der Waals surface area contributed by atoms with Gasteiger partial charge in [-0.25, -0.2) is 0 Å². The number of carbonyl (C=O) groups excluding carboxylic acids is 2. The van der Waals surface area contributed by atoms with Gasteiger partial charge in [-0.05, 0) is 55.2 Å². The summed E-state index contributed by atoms with van der Waals surface area (Å²) in [6.45, 7) is 8.30. The number of nitrogens with one attached hydrogen (secondary N) is 2. The van der Waals surface area contributed by atoms with Crippen molar-refractivity contribution in [1.29, 1.82) is 0 Å². The van der Waals surface area contributed by atoms with Gasteiger partial charge in [-0.1, -0.05) is 44.2 Å². The quantitative estimate of drug-likeness (QED) is 0.623. The van der Waals surface area contributed by atoms with Crippen molar-refractivity contribution in [3.8, 4) is 5.69 Å². The van der Waals surface area contributed by atoms with E-state index in [1.54, 1.807) is 7.05 Å². The average Bonchev–Trinajstić information content (AvgIpc) is 3.03. The van der Waals surface area contributed by atoms with Crippen molar-refractivity contribution >= 4 is 17.5 Å². The number of aromatic nitrogens is 1. The Bertz CT molecular complexity index is 1080. The maximum absolute atomic E-state index is 13.1. The number of benzene rings is 2. The molecule has 5 nitrogen and oxygen atoms in total. The summed E-state index contributed by atoms with van der Waals surface area (Å²) in [4.78, 5) is 24.9. The second kappa shape index (κ2) is 8.99. The first-order chi connectivity index (χ1) is 14.3. The highest BCUT2D eigenvalue weighted by Gasteiger charge is 2.18. The lowest BCUT2D eigenvalue weighted by Gasteiger charge is -2.14. The summed E-state index contributed by atoms with van der Waals surface area (Å²) in [6, 6.07) is 17.7. The maximum atomic E-state index is 13.1. The molecule has 0 saturated heterocycles. The summed E-state index contributed by atoms with van der Waals surface area (Å²) in [7, 11) is 1.60. The predicted molar refractivity (Wildman–Crippen MR) is 121 cm³/mol. The van der Waals surface area contributed by atoms with E-state index in [4.69, 9.17) is 0 Å². The van der Waals surface area contributed by atoms with Gasteiger partial charge >= 0.3 is 0 Å². The molecule has 0 aliphatic rings. The lowest BCUT2D eigenvalue weighted by atomic mass is 10.0. The second-order valence-corrected chi connectivity index (χ2v) is 7.83. The van der Waals surface area contributed by atoms with Crippen LogP contribution in [0.2, 0.25) is 0 Å². The van der Waals surface area contributed by atoms with Gasteiger partial charge in [0, 0.05) is 29.8 Å². The van der Waals surface area contributed by atoms with E-state index < -0.39 is 0 Å². The van der Waals surface area contributed by atoms with Crippen LogP contribution in [0.5, 0.6) is 0 Å². The number of aryl methyl sites for hydroxylation is 1. The summed E-state index contributed by atoms with van der Waals surface area (Å²) in [6.07, 6.45) is 0.216. The van der Waals surface area contributed by atoms with Crippen molar-refractivity contribution in [2.24, 2.45) is 0 Å². The molecule has 3 rings (SSSR count). The van der Waals surface area contributed by atoms with Gasteiger partial charge in [0.15, 0.2) is 0 Å². The van der Waals surface area contributed by atoms with Crippen LogP contribution >= 0.6 is 0 Å². The fourth-order valence-corrected chi connectivity index (χ4v) is 3.66. The molecular weight excluding hydrogens is 374 g/mol. The highest BCUT2D eigenvalue weighted by Crippen LogP contribution is 2.25. The second-order valence-electron chi connectivity index (χ2n) is 7.83. The first kappa shape index (κ1) is 21.4. The number of amides is 2. The van der Waals surface area contributed by atoms with Gasteiger partial charge in [-0.15, -0.1) is 0 Å². The zero-order valence-electron chi connectivity index (χ0n) is 18.2. The van der Waals surface area contributed by atoms with Crippen LogP contribution in [0.15, 0.2) is 54.6 Å². The van der Waals surface area contributed by atoms with E-state index in [-0.39, 0.29) is 18.2 Å². The van der Waals surface area contributed by atoms with Gasteiger partial charge in [0.05, 0.1) is 12.0 Å². The summed E-state index contributed by atoms with van der Waals surface area (Å²) < 4.78 is 2.11. The van der Waals surface area contributed by atoms with Crippen molar-refractivity contribution in [1.82, 2.24) is 9.88 Å². The Labute approximate surface area is 178 Å². The zero-order valence-corrected chi connectivity index (χ0v) is 18.2. The molecule has 0 fully saturated rings. The molecule has 0 unspecified atom stereocenters. The Morgan fingerprint density at radius 2 is 1.73 bits per heavy atom. The molecule has 3 aromatic rings. The molecule has 2 amide bonds. The molecule has 0 aliphatic carbocycles. The van der Waals surface area contributed by atoms with Crippen LogP contribution in [0.1, 0.15) is 52.6 Å². The Hall–Kier alpha value is -3.34. The maximum Gasteiger partial charge on any atom is 0.257 e. The number of hydrogen-bond acceptors (Lipinski definition) is 2. The molecule has 1 aromatic heterocycles. The van der Waals surface area contributed by atoms with Crippen molar-refractivity contribution in [2.45, 2.75) is 40.0 Å². The van der Waals surface area contributed by atoms with Crippen LogP contribution in [0.4, 0.5) is 5.69 Å². The topological polar surface area (TPSA) is 63.1 Å². The van der Waals surface area contributed by atoms with Crippen LogP contribution in [0.25, 0.3) is 5.69 Å². The van der Waals surface area contributed by atoms with Gasteiger partial charge in [-0.2, -0.15) is 0 Å². The van der Waals surface area contributed by atoms with Crippen LogP contribution < -0.4 is 10.6 Å². The van der Waals surface area contributed by atoms with Crippen LogP contribution in [-0.4, -0.2) is 23.4 Å². The molecule has 0 atom stereocenters. The van der Waals surface area contributed by atoms with Crippen LogP contribution in [0.3, 0.4) is 0 Å². The van der Waals surface area contributed by atoms with Gasteiger partial charge < -0.3 is 15.2 Å². The Morgan fingerprint density at radius 1 is 1.00 bits per heavy atom. The zero-order chi connectivity index (χ0) is 21.8. The monoisotopic (exact) mass is 403 g/mol. The number of hydrogen-bond donors (Lipinski definition) is 2. The highest BCUT2D eigenvalue weighted by molar-refractivity contribution is 6.06. The first-order valence-corrected chi connectivity index (χ1v) is 10.2. The Balaban J connectivity index is 1.92. The van der Waals surface area contributed by atoms with E-state index in [0.29, 0.717) is 17.2 Å². The summed E-state index contributed by atoms with van der Waals surface area (Å²) in [5, 5.41) is 5.61. The minimum Gasteiger partial charge on any atom is -0.359 e. The molecular formula is C25H29N3O2. The minimum absolute atomic E-state index is 0.0973. The summed E-state index contributed by atoms with van der Waals surface area (Å²) in [5.74, 6) is 0.152. The standard InChI is InChI=1S/C25H29N3O2/c1-16(2)19-10-8-11-21(14-19)28-17(3)13-22(18(28)4)25(30)27-23-12-7-6-9-20(23)15-24(29)26-5/h6-14,16H,15H2,1-5H3,(H,26,29)(H,27,30). The summed E-state index contributed by atoms with van der Waals surface area (Å²) in [5.41, 5.74) is 6.25. The van der Waals surface area contributed by atoms with Gasteiger partial charge in [0.25, 0.3) is 5.91 Å². The number of rotatable bonds is 6. The number of likely N-dealkylation sites (N-methyl/N-ethyl adjacent to an activating group) is 1. The molecule has 0 spiro atoms. The first-order valence-electron chi connectivity index (χ1n) is 10.2. The normalized spacial score (nSPS) is 10.9. The number of para-hydroxylation sites is 1. The van der Waals surface area contributed by atoms with Gasteiger partial charge in [-0.3, -0.25) is 9.59 Å². The molecule has 1 heterocycles. The third kappa shape index (κ3) is 4.46. The number of carbonyl (C=O) groups is 2. The molecule has 0 saturated carbocycles. The highest BCUT2D eigenvalue weighted by atomic mass is 16.2. The molecule has 5 heteroatoms. The molecule has 2 N–H and O–H groups in total. The molecule has 30 heavy (non-hydrogen) atoms. The van der Waals surface area contributed by atoms with Crippen molar-refractivity contribution in [3.05, 3.63) is 82.7 Å². The largest absolute Gasteiger partial charge is 0.359 e. The molecule has 0 radical (unpaired) electrons. The molecule has 156 valence electrons. The smallest absolute Gasteiger partial charge is 0.257 e. The van der Waals surface area contributed by atoms with E-state index >= 15 is 0 Å². The third-order valence-electron chi connectivity index (χ3n) is 5.37. The van der Waals surface area contributed by atoms with Crippen molar-refractivity contribution < 1.29 is 9.59 Å².